The second-order valence-electron chi connectivity index (χ2n) is 3.11. The molecule has 1 heterocycles. The molecule has 0 fully saturated rings. The third kappa shape index (κ3) is 1.19. The van der Waals surface area contributed by atoms with Crippen molar-refractivity contribution in [2.75, 3.05) is 6.54 Å². The fourth-order valence-corrected chi connectivity index (χ4v) is 1.65. The number of halogens is 1. The van der Waals surface area contributed by atoms with Gasteiger partial charge in [0.25, 0.3) is 0 Å². The summed E-state index contributed by atoms with van der Waals surface area (Å²) in [6, 6.07) is 2.30. The summed E-state index contributed by atoms with van der Waals surface area (Å²) in [4.78, 5) is 0. The Hall–Kier alpha value is -1.11. The molecule has 1 aromatic rings. The van der Waals surface area contributed by atoms with Crippen molar-refractivity contribution in [1.29, 1.82) is 0 Å². The molecule has 1 unspecified atom stereocenters. The highest BCUT2D eigenvalue weighted by Crippen LogP contribution is 2.28. The Bertz CT molecular complexity index is 374. The summed E-state index contributed by atoms with van der Waals surface area (Å²) in [5.74, 6) is -0.699. The highest BCUT2D eigenvalue weighted by atomic mass is 19.1. The molecule has 1 aliphatic heterocycles. The van der Waals surface area contributed by atoms with E-state index in [0.29, 0.717) is 0 Å². The van der Waals surface area contributed by atoms with Crippen LogP contribution in [-0.2, 0) is 4.65 Å². The van der Waals surface area contributed by atoms with Crippen LogP contribution in [0.5, 0.6) is 5.75 Å². The van der Waals surface area contributed by atoms with Crippen LogP contribution in [0.25, 0.3) is 0 Å². The van der Waals surface area contributed by atoms with Crippen LogP contribution in [0.2, 0.25) is 0 Å². The molecule has 0 aliphatic carbocycles. The average molecular weight is 197 g/mol. The highest BCUT2D eigenvalue weighted by molar-refractivity contribution is 6.62. The van der Waals surface area contributed by atoms with Crippen LogP contribution in [0.15, 0.2) is 12.1 Å². The van der Waals surface area contributed by atoms with E-state index in [0.717, 1.165) is 6.07 Å². The van der Waals surface area contributed by atoms with Gasteiger partial charge in [0.05, 0.1) is 6.10 Å². The van der Waals surface area contributed by atoms with E-state index in [9.17, 15) is 14.5 Å². The number of hydrogen-bond donors (Lipinski definition) is 3. The smallest absolute Gasteiger partial charge is 0.495 e. The first-order chi connectivity index (χ1) is 6.65. The van der Waals surface area contributed by atoms with Crippen LogP contribution in [0.1, 0.15) is 11.7 Å². The van der Waals surface area contributed by atoms with Crippen molar-refractivity contribution in [1.82, 2.24) is 0 Å². The van der Waals surface area contributed by atoms with E-state index in [2.05, 4.69) is 0 Å². The Kier molecular flexibility index (Phi) is 2.18. The van der Waals surface area contributed by atoms with Gasteiger partial charge in [0.15, 0.2) is 0 Å². The fraction of sp³-hybridized carbons (Fsp3) is 0.250. The summed E-state index contributed by atoms with van der Waals surface area (Å²) in [7, 11) is -1.30. The molecule has 4 N–H and O–H groups in total. The van der Waals surface area contributed by atoms with Crippen molar-refractivity contribution in [3.63, 3.8) is 0 Å². The van der Waals surface area contributed by atoms with Gasteiger partial charge in [-0.1, -0.05) is 0 Å². The Balaban J connectivity index is 2.60. The van der Waals surface area contributed by atoms with Gasteiger partial charge in [0.1, 0.15) is 11.6 Å². The molecular formula is C8H9BFNO3. The first-order valence-electron chi connectivity index (χ1n) is 4.20. The zero-order valence-electron chi connectivity index (χ0n) is 7.27. The summed E-state index contributed by atoms with van der Waals surface area (Å²) in [6.07, 6.45) is -0.688. The van der Waals surface area contributed by atoms with Crippen molar-refractivity contribution in [2.24, 2.45) is 5.73 Å². The van der Waals surface area contributed by atoms with E-state index < -0.39 is 19.0 Å². The third-order valence-corrected chi connectivity index (χ3v) is 2.29. The highest BCUT2D eigenvalue weighted by Gasteiger charge is 2.39. The predicted octanol–water partition coefficient (Wildman–Crippen LogP) is -0.751. The summed E-state index contributed by atoms with van der Waals surface area (Å²) in [6.45, 7) is 0.0600. The summed E-state index contributed by atoms with van der Waals surface area (Å²) >= 11 is 0. The largest absolute Gasteiger partial charge is 0.508 e. The number of benzene rings is 1. The van der Waals surface area contributed by atoms with Crippen molar-refractivity contribution in [2.45, 2.75) is 6.10 Å². The number of rotatable bonds is 1. The van der Waals surface area contributed by atoms with E-state index in [4.69, 9.17) is 10.4 Å². The lowest BCUT2D eigenvalue weighted by Crippen LogP contribution is -2.28. The molecular weight excluding hydrogens is 188 g/mol. The molecule has 0 spiro atoms. The Morgan fingerprint density at radius 3 is 2.93 bits per heavy atom. The van der Waals surface area contributed by atoms with Gasteiger partial charge in [-0.2, -0.15) is 0 Å². The van der Waals surface area contributed by atoms with Crippen LogP contribution in [0, 0.1) is 5.82 Å². The lowest BCUT2D eigenvalue weighted by Gasteiger charge is -2.09. The first-order valence-corrected chi connectivity index (χ1v) is 4.20. The molecule has 0 amide bonds. The summed E-state index contributed by atoms with van der Waals surface area (Å²) < 4.78 is 18.3. The minimum atomic E-state index is -1.30. The molecule has 74 valence electrons. The molecule has 0 bridgehead atoms. The second-order valence-corrected chi connectivity index (χ2v) is 3.11. The van der Waals surface area contributed by atoms with Gasteiger partial charge in [-0.25, -0.2) is 4.39 Å². The van der Waals surface area contributed by atoms with Gasteiger partial charge >= 0.3 is 7.12 Å². The summed E-state index contributed by atoms with van der Waals surface area (Å²) in [5, 5.41) is 18.8. The van der Waals surface area contributed by atoms with Crippen LogP contribution in [0.3, 0.4) is 0 Å². The van der Waals surface area contributed by atoms with Crippen molar-refractivity contribution < 1.29 is 19.2 Å². The second kappa shape index (κ2) is 3.23. The minimum Gasteiger partial charge on any atom is -0.508 e. The molecule has 0 saturated heterocycles. The summed E-state index contributed by atoms with van der Waals surface area (Å²) in [5.41, 5.74) is 5.58. The van der Waals surface area contributed by atoms with E-state index in [1.807, 2.05) is 0 Å². The molecule has 0 saturated carbocycles. The maximum Gasteiger partial charge on any atom is 0.495 e. The number of aromatic hydroxyl groups is 1. The van der Waals surface area contributed by atoms with Crippen molar-refractivity contribution in [3.05, 3.63) is 23.5 Å². The van der Waals surface area contributed by atoms with Gasteiger partial charge in [-0.05, 0) is 12.1 Å². The Morgan fingerprint density at radius 1 is 1.57 bits per heavy atom. The normalized spacial score (nSPS) is 19.9. The minimum absolute atomic E-state index is 0.0600. The van der Waals surface area contributed by atoms with Crippen LogP contribution in [-0.4, -0.2) is 23.8 Å². The van der Waals surface area contributed by atoms with E-state index in [1.54, 1.807) is 0 Å². The quantitative estimate of drug-likeness (QED) is 0.517. The first kappa shape index (κ1) is 9.45. The number of hydrogen-bond acceptors (Lipinski definition) is 4. The molecule has 4 nitrogen and oxygen atoms in total. The van der Waals surface area contributed by atoms with E-state index >= 15 is 0 Å². The molecule has 2 rings (SSSR count). The topological polar surface area (TPSA) is 75.7 Å². The van der Waals surface area contributed by atoms with Gasteiger partial charge in [0.2, 0.25) is 0 Å². The van der Waals surface area contributed by atoms with Gasteiger partial charge in [-0.15, -0.1) is 0 Å². The van der Waals surface area contributed by atoms with Gasteiger partial charge < -0.3 is 20.5 Å². The molecule has 1 aromatic carbocycles. The van der Waals surface area contributed by atoms with Gasteiger partial charge in [-0.3, -0.25) is 0 Å². The van der Waals surface area contributed by atoms with Gasteiger partial charge in [0, 0.05) is 17.6 Å². The SMILES string of the molecule is NCC1OB(O)c2c(O)ccc(F)c21. The average Bonchev–Trinajstić information content (AvgIpc) is 2.50. The standard InChI is InChI=1S/C8H9BFNO3/c10-4-1-2-5(12)8-7(4)6(3-11)14-9(8)13/h1-2,6,12-13H,3,11H2. The third-order valence-electron chi connectivity index (χ3n) is 2.29. The fourth-order valence-electron chi connectivity index (χ4n) is 1.65. The number of phenolic OH excluding ortho intramolecular Hbond substituents is 1. The van der Waals surface area contributed by atoms with E-state index in [1.165, 1.54) is 6.07 Å². The zero-order chi connectivity index (χ0) is 10.3. The number of nitrogens with two attached hydrogens (primary N) is 1. The van der Waals surface area contributed by atoms with Crippen LogP contribution in [0.4, 0.5) is 4.39 Å². The Labute approximate surface area is 80.3 Å². The number of phenols is 1. The zero-order valence-corrected chi connectivity index (χ0v) is 7.27. The molecule has 1 aliphatic rings. The van der Waals surface area contributed by atoms with Crippen molar-refractivity contribution in [3.8, 4) is 5.75 Å². The maximum absolute atomic E-state index is 13.3. The molecule has 0 radical (unpaired) electrons. The monoisotopic (exact) mass is 197 g/mol. The Morgan fingerprint density at radius 2 is 2.29 bits per heavy atom. The molecule has 0 aromatic heterocycles. The maximum atomic E-state index is 13.3. The van der Waals surface area contributed by atoms with Crippen LogP contribution < -0.4 is 11.2 Å². The van der Waals surface area contributed by atoms with Crippen molar-refractivity contribution >= 4 is 12.6 Å². The molecule has 14 heavy (non-hydrogen) atoms. The molecule has 6 heteroatoms. The van der Waals surface area contributed by atoms with E-state index in [-0.39, 0.29) is 23.3 Å². The lowest BCUT2D eigenvalue weighted by atomic mass is 9.78. The predicted molar refractivity (Wildman–Crippen MR) is 48.6 cm³/mol. The lowest BCUT2D eigenvalue weighted by molar-refractivity contribution is 0.194. The number of fused-ring (bicyclic) bond motifs is 1. The van der Waals surface area contributed by atoms with Crippen LogP contribution >= 0.6 is 0 Å². The molecule has 1 atom stereocenters.